The van der Waals surface area contributed by atoms with E-state index in [1.54, 1.807) is 11.8 Å². The summed E-state index contributed by atoms with van der Waals surface area (Å²) in [7, 11) is 0. The third-order valence-corrected chi connectivity index (χ3v) is 5.38. The van der Waals surface area contributed by atoms with Gasteiger partial charge in [-0.1, -0.05) is 78.0 Å². The summed E-state index contributed by atoms with van der Waals surface area (Å²) in [4.78, 5) is 4.84. The van der Waals surface area contributed by atoms with Gasteiger partial charge in [0.2, 0.25) is 0 Å². The molecule has 0 unspecified atom stereocenters. The Morgan fingerprint density at radius 2 is 1.52 bits per heavy atom. The van der Waals surface area contributed by atoms with Crippen molar-refractivity contribution >= 4 is 34.4 Å². The van der Waals surface area contributed by atoms with Crippen molar-refractivity contribution in [3.63, 3.8) is 0 Å². The molecule has 1 heterocycles. The zero-order valence-electron chi connectivity index (χ0n) is 13.6. The number of benzene rings is 3. The highest BCUT2D eigenvalue weighted by Crippen LogP contribution is 2.28. The van der Waals surface area contributed by atoms with Crippen LogP contribution >= 0.6 is 23.4 Å². The zero-order valence-corrected chi connectivity index (χ0v) is 15.2. The number of imidazole rings is 1. The van der Waals surface area contributed by atoms with Gasteiger partial charge in [-0.25, -0.2) is 4.98 Å². The van der Waals surface area contributed by atoms with Gasteiger partial charge < -0.3 is 4.57 Å². The van der Waals surface area contributed by atoms with Gasteiger partial charge in [-0.05, 0) is 35.4 Å². The molecule has 1 aromatic heterocycles. The van der Waals surface area contributed by atoms with Gasteiger partial charge >= 0.3 is 0 Å². The molecule has 4 heteroatoms. The first-order valence-electron chi connectivity index (χ1n) is 8.16. The SMILES string of the molecule is Clc1ccc(Cn2c(SCc3ccccc3)nc3ccccc32)cc1. The van der Waals surface area contributed by atoms with Crippen molar-refractivity contribution in [1.29, 1.82) is 0 Å². The van der Waals surface area contributed by atoms with Gasteiger partial charge in [-0.15, -0.1) is 0 Å². The molecule has 0 saturated carbocycles. The van der Waals surface area contributed by atoms with Crippen molar-refractivity contribution in [3.05, 3.63) is 95.0 Å². The van der Waals surface area contributed by atoms with E-state index in [1.807, 2.05) is 24.3 Å². The van der Waals surface area contributed by atoms with E-state index in [-0.39, 0.29) is 0 Å². The van der Waals surface area contributed by atoms with E-state index in [2.05, 4.69) is 59.2 Å². The van der Waals surface area contributed by atoms with Crippen LogP contribution in [0.25, 0.3) is 11.0 Å². The Hall–Kier alpha value is -2.23. The van der Waals surface area contributed by atoms with Crippen molar-refractivity contribution in [3.8, 4) is 0 Å². The van der Waals surface area contributed by atoms with E-state index in [4.69, 9.17) is 16.6 Å². The number of para-hydroxylation sites is 2. The summed E-state index contributed by atoms with van der Waals surface area (Å²) in [6.07, 6.45) is 0. The second-order valence-electron chi connectivity index (χ2n) is 5.87. The lowest BCUT2D eigenvalue weighted by Gasteiger charge is -2.09. The fourth-order valence-electron chi connectivity index (χ4n) is 2.81. The monoisotopic (exact) mass is 364 g/mol. The predicted octanol–water partition coefficient (Wildman–Crippen LogP) is 6.03. The van der Waals surface area contributed by atoms with Gasteiger partial charge in [0.05, 0.1) is 17.6 Å². The topological polar surface area (TPSA) is 17.8 Å². The van der Waals surface area contributed by atoms with Crippen LogP contribution in [-0.4, -0.2) is 9.55 Å². The Morgan fingerprint density at radius 1 is 0.800 bits per heavy atom. The van der Waals surface area contributed by atoms with Crippen molar-refractivity contribution in [2.75, 3.05) is 0 Å². The highest BCUT2D eigenvalue weighted by molar-refractivity contribution is 7.98. The van der Waals surface area contributed by atoms with Crippen LogP contribution in [0.1, 0.15) is 11.1 Å². The van der Waals surface area contributed by atoms with Crippen LogP contribution in [0.4, 0.5) is 0 Å². The minimum absolute atomic E-state index is 0.762. The summed E-state index contributed by atoms with van der Waals surface area (Å²) >= 11 is 7.79. The number of hydrogen-bond acceptors (Lipinski definition) is 2. The molecule has 0 bridgehead atoms. The number of fused-ring (bicyclic) bond motifs is 1. The Balaban J connectivity index is 1.66. The Kier molecular flexibility index (Phi) is 4.77. The molecule has 0 amide bonds. The van der Waals surface area contributed by atoms with Gasteiger partial charge in [0.1, 0.15) is 0 Å². The normalized spacial score (nSPS) is 11.1. The number of rotatable bonds is 5. The molecule has 0 aliphatic carbocycles. The summed E-state index contributed by atoms with van der Waals surface area (Å²) < 4.78 is 2.28. The van der Waals surface area contributed by atoms with E-state index < -0.39 is 0 Å². The van der Waals surface area contributed by atoms with Crippen molar-refractivity contribution in [2.45, 2.75) is 17.5 Å². The average molecular weight is 365 g/mol. The molecule has 25 heavy (non-hydrogen) atoms. The van der Waals surface area contributed by atoms with Gasteiger partial charge in [0.15, 0.2) is 5.16 Å². The van der Waals surface area contributed by atoms with Crippen LogP contribution in [0.3, 0.4) is 0 Å². The molecule has 124 valence electrons. The maximum absolute atomic E-state index is 6.01. The lowest BCUT2D eigenvalue weighted by molar-refractivity contribution is 0.731. The third-order valence-electron chi connectivity index (χ3n) is 4.08. The molecule has 0 aliphatic heterocycles. The van der Waals surface area contributed by atoms with Crippen LogP contribution in [0, 0.1) is 0 Å². The lowest BCUT2D eigenvalue weighted by Crippen LogP contribution is -2.01. The molecular formula is C21H17ClN2S. The maximum atomic E-state index is 6.01. The third kappa shape index (κ3) is 3.73. The van der Waals surface area contributed by atoms with Crippen LogP contribution in [0.15, 0.2) is 84.0 Å². The summed E-state index contributed by atoms with van der Waals surface area (Å²) in [6.45, 7) is 0.787. The van der Waals surface area contributed by atoms with Crippen molar-refractivity contribution < 1.29 is 0 Å². The maximum Gasteiger partial charge on any atom is 0.169 e. The van der Waals surface area contributed by atoms with Gasteiger partial charge in [-0.3, -0.25) is 0 Å². The van der Waals surface area contributed by atoms with Crippen molar-refractivity contribution in [2.24, 2.45) is 0 Å². The van der Waals surface area contributed by atoms with Gasteiger partial charge in [0.25, 0.3) is 0 Å². The molecule has 0 saturated heterocycles. The van der Waals surface area contributed by atoms with Crippen molar-refractivity contribution in [1.82, 2.24) is 9.55 Å². The first-order chi connectivity index (χ1) is 12.3. The summed E-state index contributed by atoms with van der Waals surface area (Å²) in [5.41, 5.74) is 4.71. The largest absolute Gasteiger partial charge is 0.314 e. The van der Waals surface area contributed by atoms with Gasteiger partial charge in [0, 0.05) is 10.8 Å². The molecule has 0 fully saturated rings. The number of halogens is 1. The smallest absolute Gasteiger partial charge is 0.169 e. The molecule has 3 aromatic carbocycles. The molecule has 4 rings (SSSR count). The molecule has 2 nitrogen and oxygen atoms in total. The molecule has 0 atom stereocenters. The predicted molar refractivity (Wildman–Crippen MR) is 106 cm³/mol. The number of nitrogens with zero attached hydrogens (tertiary/aromatic N) is 2. The summed E-state index contributed by atoms with van der Waals surface area (Å²) in [5, 5.41) is 1.80. The molecule has 0 aliphatic rings. The Morgan fingerprint density at radius 3 is 2.32 bits per heavy atom. The van der Waals surface area contributed by atoms with E-state index in [0.717, 1.165) is 33.5 Å². The van der Waals surface area contributed by atoms with Crippen LogP contribution in [0.2, 0.25) is 5.02 Å². The van der Waals surface area contributed by atoms with E-state index in [1.165, 1.54) is 11.1 Å². The number of aromatic nitrogens is 2. The number of thioether (sulfide) groups is 1. The van der Waals surface area contributed by atoms with Crippen LogP contribution < -0.4 is 0 Å². The van der Waals surface area contributed by atoms with E-state index in [0.29, 0.717) is 0 Å². The number of hydrogen-bond donors (Lipinski definition) is 0. The standard InChI is InChI=1S/C21H17ClN2S/c22-18-12-10-16(11-13-18)14-24-20-9-5-4-8-19(20)23-21(24)25-15-17-6-2-1-3-7-17/h1-13H,14-15H2. The first kappa shape index (κ1) is 16.2. The average Bonchev–Trinajstić information content (AvgIpc) is 3.00. The Labute approximate surface area is 156 Å². The van der Waals surface area contributed by atoms with E-state index in [9.17, 15) is 0 Å². The molecule has 0 N–H and O–H groups in total. The molecule has 4 aromatic rings. The van der Waals surface area contributed by atoms with Crippen LogP contribution in [-0.2, 0) is 12.3 Å². The molecular weight excluding hydrogens is 348 g/mol. The molecule has 0 spiro atoms. The highest BCUT2D eigenvalue weighted by atomic mass is 35.5. The molecule has 0 radical (unpaired) electrons. The summed E-state index contributed by atoms with van der Waals surface area (Å²) in [6, 6.07) is 26.8. The second-order valence-corrected chi connectivity index (χ2v) is 7.25. The second kappa shape index (κ2) is 7.34. The van der Waals surface area contributed by atoms with E-state index >= 15 is 0 Å². The minimum Gasteiger partial charge on any atom is -0.314 e. The quantitative estimate of drug-likeness (QED) is 0.402. The fraction of sp³-hybridized carbons (Fsp3) is 0.0952. The fourth-order valence-corrected chi connectivity index (χ4v) is 3.91. The summed E-state index contributed by atoms with van der Waals surface area (Å²) in [5.74, 6) is 0.908. The van der Waals surface area contributed by atoms with Gasteiger partial charge in [-0.2, -0.15) is 0 Å². The lowest BCUT2D eigenvalue weighted by atomic mass is 10.2. The van der Waals surface area contributed by atoms with Crippen LogP contribution in [0.5, 0.6) is 0 Å². The Bertz CT molecular complexity index is 978. The zero-order chi connectivity index (χ0) is 17.1. The minimum atomic E-state index is 0.762. The highest BCUT2D eigenvalue weighted by Gasteiger charge is 2.11. The first-order valence-corrected chi connectivity index (χ1v) is 9.52.